The molecule has 0 saturated carbocycles. The highest BCUT2D eigenvalue weighted by Gasteiger charge is 2.36. The van der Waals surface area contributed by atoms with Gasteiger partial charge in [-0.3, -0.25) is 9.35 Å². The molecule has 0 radical (unpaired) electrons. The topological polar surface area (TPSA) is 96.4 Å². The molecule has 1 aromatic heterocycles. The van der Waals surface area contributed by atoms with Crippen molar-refractivity contribution >= 4 is 42.7 Å². The number of hydrogen-bond acceptors (Lipinski definition) is 5. The number of nitrogens with one attached hydrogen (secondary N) is 1. The maximum atomic E-state index is 12.9. The van der Waals surface area contributed by atoms with E-state index in [0.29, 0.717) is 11.6 Å². The number of halogens is 3. The number of carbonyl (C=O) groups is 1. The summed E-state index contributed by atoms with van der Waals surface area (Å²) in [6, 6.07) is 10.1. The van der Waals surface area contributed by atoms with E-state index in [1.807, 2.05) is 0 Å². The van der Waals surface area contributed by atoms with Gasteiger partial charge in [0.25, 0.3) is 16.0 Å². The molecule has 2 N–H and O–H groups in total. The predicted octanol–water partition coefficient (Wildman–Crippen LogP) is 3.88. The first-order chi connectivity index (χ1) is 12.6. The molecule has 0 aliphatic rings. The van der Waals surface area contributed by atoms with Crippen LogP contribution < -0.4 is 5.32 Å². The predicted molar refractivity (Wildman–Crippen MR) is 94.0 cm³/mol. The van der Waals surface area contributed by atoms with Gasteiger partial charge < -0.3 is 5.32 Å². The molecule has 6 nitrogen and oxygen atoms in total. The normalized spacial score (nSPS) is 13.5. The Labute approximate surface area is 155 Å². The van der Waals surface area contributed by atoms with E-state index in [1.165, 1.54) is 0 Å². The van der Waals surface area contributed by atoms with Gasteiger partial charge >= 0.3 is 6.18 Å². The fraction of sp³-hybridized carbons (Fsp3) is 0.125. The molecule has 142 valence electrons. The molecule has 1 unspecified atom stereocenters. The van der Waals surface area contributed by atoms with Gasteiger partial charge in [0.05, 0.1) is 15.8 Å². The third-order valence-corrected chi connectivity index (χ3v) is 5.61. The summed E-state index contributed by atoms with van der Waals surface area (Å²) in [5, 5.41) is 0.0702. The second-order valence-corrected chi connectivity index (χ2v) is 8.03. The quantitative estimate of drug-likeness (QED) is 0.629. The molecule has 11 heteroatoms. The van der Waals surface area contributed by atoms with Gasteiger partial charge in [0.15, 0.2) is 10.4 Å². The van der Waals surface area contributed by atoms with Crippen LogP contribution in [-0.4, -0.2) is 23.9 Å². The number of rotatable bonds is 4. The van der Waals surface area contributed by atoms with Crippen molar-refractivity contribution in [3.8, 4) is 0 Å². The standard InChI is InChI=1S/C16H11F3N2O4S2/c17-16(18,19)10-5-3-4-9(8-10)13(27(23,24)25)14(22)21-15-20-11-6-1-2-7-12(11)26-15/h1-8,13H,(H,20,21,22)(H,23,24,25). The van der Waals surface area contributed by atoms with Crippen molar-refractivity contribution in [2.24, 2.45) is 0 Å². The summed E-state index contributed by atoms with van der Waals surface area (Å²) >= 11 is 1.06. The van der Waals surface area contributed by atoms with Crippen molar-refractivity contribution in [3.63, 3.8) is 0 Å². The number of hydrogen-bond donors (Lipinski definition) is 2. The third-order valence-electron chi connectivity index (χ3n) is 3.58. The highest BCUT2D eigenvalue weighted by Crippen LogP contribution is 2.33. The molecular weight excluding hydrogens is 405 g/mol. The lowest BCUT2D eigenvalue weighted by Crippen LogP contribution is -2.28. The summed E-state index contributed by atoms with van der Waals surface area (Å²) in [5.74, 6) is -1.21. The van der Waals surface area contributed by atoms with E-state index in [2.05, 4.69) is 10.3 Å². The number of thiazole rings is 1. The summed E-state index contributed by atoms with van der Waals surface area (Å²) in [5.41, 5.74) is -1.09. The Hall–Kier alpha value is -2.50. The number of nitrogens with zero attached hydrogens (tertiary/aromatic N) is 1. The van der Waals surface area contributed by atoms with Crippen molar-refractivity contribution in [1.29, 1.82) is 0 Å². The lowest BCUT2D eigenvalue weighted by Gasteiger charge is -2.15. The fourth-order valence-corrected chi connectivity index (χ4v) is 4.12. The second kappa shape index (κ2) is 6.91. The number of amides is 1. The zero-order chi connectivity index (χ0) is 19.8. The minimum Gasteiger partial charge on any atom is -0.300 e. The van der Waals surface area contributed by atoms with Crippen LogP contribution >= 0.6 is 11.3 Å². The average molecular weight is 416 g/mol. The number of carbonyl (C=O) groups excluding carboxylic acids is 1. The molecule has 0 saturated heterocycles. The molecule has 2 aromatic carbocycles. The van der Waals surface area contributed by atoms with E-state index in [1.54, 1.807) is 24.3 Å². The molecule has 1 amide bonds. The number of fused-ring (bicyclic) bond motifs is 1. The number of benzene rings is 2. The molecule has 1 heterocycles. The number of anilines is 1. The Morgan fingerprint density at radius 1 is 1.15 bits per heavy atom. The highest BCUT2D eigenvalue weighted by atomic mass is 32.2. The average Bonchev–Trinajstić information content (AvgIpc) is 2.95. The van der Waals surface area contributed by atoms with Crippen LogP contribution in [0.3, 0.4) is 0 Å². The van der Waals surface area contributed by atoms with E-state index in [-0.39, 0.29) is 5.13 Å². The molecule has 1 atom stereocenters. The number of aromatic nitrogens is 1. The second-order valence-electron chi connectivity index (χ2n) is 5.49. The van der Waals surface area contributed by atoms with Crippen molar-refractivity contribution in [2.75, 3.05) is 5.32 Å². The monoisotopic (exact) mass is 416 g/mol. The number of alkyl halides is 3. The van der Waals surface area contributed by atoms with Gasteiger partial charge in [-0.25, -0.2) is 4.98 Å². The van der Waals surface area contributed by atoms with E-state index in [4.69, 9.17) is 0 Å². The van der Waals surface area contributed by atoms with Crippen LogP contribution in [0.2, 0.25) is 0 Å². The summed E-state index contributed by atoms with van der Waals surface area (Å²) in [6.07, 6.45) is -4.73. The van der Waals surface area contributed by atoms with Crippen LogP contribution in [0.5, 0.6) is 0 Å². The molecule has 0 fully saturated rings. The van der Waals surface area contributed by atoms with Gasteiger partial charge in [-0.15, -0.1) is 0 Å². The van der Waals surface area contributed by atoms with E-state index >= 15 is 0 Å². The largest absolute Gasteiger partial charge is 0.416 e. The van der Waals surface area contributed by atoms with E-state index in [9.17, 15) is 30.9 Å². The Bertz CT molecular complexity index is 1080. The molecule has 3 rings (SSSR count). The van der Waals surface area contributed by atoms with Crippen LogP contribution in [0.4, 0.5) is 18.3 Å². The Kier molecular flexibility index (Phi) is 4.93. The molecule has 0 aliphatic heterocycles. The van der Waals surface area contributed by atoms with Crippen LogP contribution in [-0.2, 0) is 21.1 Å². The molecule has 0 spiro atoms. The van der Waals surface area contributed by atoms with Gasteiger partial charge in [0.1, 0.15) is 0 Å². The zero-order valence-electron chi connectivity index (χ0n) is 13.3. The molecule has 0 bridgehead atoms. The first-order valence-corrected chi connectivity index (χ1v) is 9.67. The maximum absolute atomic E-state index is 12.9. The lowest BCUT2D eigenvalue weighted by atomic mass is 10.1. The third kappa shape index (κ3) is 4.26. The van der Waals surface area contributed by atoms with Gasteiger partial charge in [-0.2, -0.15) is 21.6 Å². The SMILES string of the molecule is O=C(Nc1nc2ccccc2s1)C(c1cccc(C(F)(F)F)c1)S(=O)(=O)O. The fourth-order valence-electron chi connectivity index (χ4n) is 2.43. The summed E-state index contributed by atoms with van der Waals surface area (Å²) < 4.78 is 72.1. The van der Waals surface area contributed by atoms with Crippen molar-refractivity contribution in [1.82, 2.24) is 4.98 Å². The van der Waals surface area contributed by atoms with Gasteiger partial charge in [-0.05, 0) is 23.8 Å². The molecule has 27 heavy (non-hydrogen) atoms. The van der Waals surface area contributed by atoms with E-state index in [0.717, 1.165) is 34.2 Å². The molecular formula is C16H11F3N2O4S2. The lowest BCUT2D eigenvalue weighted by molar-refractivity contribution is -0.137. The molecule has 3 aromatic rings. The van der Waals surface area contributed by atoms with Crippen molar-refractivity contribution in [2.45, 2.75) is 11.4 Å². The van der Waals surface area contributed by atoms with Gasteiger partial charge in [-0.1, -0.05) is 41.7 Å². The van der Waals surface area contributed by atoms with Crippen LogP contribution in [0.1, 0.15) is 16.4 Å². The Morgan fingerprint density at radius 2 is 1.85 bits per heavy atom. The Morgan fingerprint density at radius 3 is 2.48 bits per heavy atom. The van der Waals surface area contributed by atoms with Crippen molar-refractivity contribution in [3.05, 3.63) is 59.7 Å². The van der Waals surface area contributed by atoms with Crippen LogP contribution in [0.15, 0.2) is 48.5 Å². The van der Waals surface area contributed by atoms with Gasteiger partial charge in [0, 0.05) is 0 Å². The van der Waals surface area contributed by atoms with Crippen LogP contribution in [0, 0.1) is 0 Å². The smallest absolute Gasteiger partial charge is 0.300 e. The summed E-state index contributed by atoms with van der Waals surface area (Å²) in [6.45, 7) is 0. The summed E-state index contributed by atoms with van der Waals surface area (Å²) in [4.78, 5) is 16.5. The minimum atomic E-state index is -5.03. The first-order valence-electron chi connectivity index (χ1n) is 7.35. The van der Waals surface area contributed by atoms with Crippen LogP contribution in [0.25, 0.3) is 10.2 Å². The van der Waals surface area contributed by atoms with Gasteiger partial charge in [0.2, 0.25) is 0 Å². The number of para-hydroxylation sites is 1. The van der Waals surface area contributed by atoms with E-state index < -0.39 is 38.6 Å². The summed E-state index contributed by atoms with van der Waals surface area (Å²) in [7, 11) is -5.03. The maximum Gasteiger partial charge on any atom is 0.416 e. The molecule has 0 aliphatic carbocycles. The Balaban J connectivity index is 1.97. The zero-order valence-corrected chi connectivity index (χ0v) is 14.9. The minimum absolute atomic E-state index is 0.0572. The highest BCUT2D eigenvalue weighted by molar-refractivity contribution is 7.86. The first kappa shape index (κ1) is 19.3. The van der Waals surface area contributed by atoms with Crippen molar-refractivity contribution < 1.29 is 30.9 Å².